The van der Waals surface area contributed by atoms with Gasteiger partial charge < -0.3 is 40.3 Å². The number of hydrogen-bond acceptors (Lipinski definition) is 10. The summed E-state index contributed by atoms with van der Waals surface area (Å²) in [6.45, 7) is 6.55. The van der Waals surface area contributed by atoms with Gasteiger partial charge in [0.2, 0.25) is 5.91 Å². The zero-order valence-corrected chi connectivity index (χ0v) is 47.0. The molecule has 0 spiro atoms. The van der Waals surface area contributed by atoms with Crippen LogP contribution < -0.4 is 5.32 Å². The first kappa shape index (κ1) is 66.4. The van der Waals surface area contributed by atoms with Gasteiger partial charge in [0, 0.05) is 12.6 Å². The smallest absolute Gasteiger partial charge is 0.220 e. The number of carbonyl (C=O) groups is 1. The number of unbranched alkanes of at least 4 members (excludes halogenated alkanes) is 38. The third-order valence-electron chi connectivity index (χ3n) is 15.4. The highest BCUT2D eigenvalue weighted by molar-refractivity contribution is 5.76. The fourth-order valence-electron chi connectivity index (χ4n) is 10.4. The van der Waals surface area contributed by atoms with Crippen molar-refractivity contribution in [1.82, 2.24) is 20.3 Å². The number of aryl methyl sites for hydroxylation is 1. The van der Waals surface area contributed by atoms with Crippen molar-refractivity contribution in [2.45, 2.75) is 359 Å². The molecule has 12 heteroatoms. The van der Waals surface area contributed by atoms with E-state index in [4.69, 9.17) is 9.47 Å². The Bertz CT molecular complexity index is 1340. The minimum absolute atomic E-state index is 0.0778. The van der Waals surface area contributed by atoms with Crippen molar-refractivity contribution in [2.24, 2.45) is 0 Å². The fourth-order valence-corrected chi connectivity index (χ4v) is 10.4. The number of rotatable bonds is 52. The van der Waals surface area contributed by atoms with Gasteiger partial charge in [-0.2, -0.15) is 0 Å². The Kier molecular flexibility index (Phi) is 43.0. The predicted molar refractivity (Wildman–Crippen MR) is 296 cm³/mol. The molecule has 6 N–H and O–H groups in total. The average Bonchev–Trinajstić information content (AvgIpc) is 3.83. The van der Waals surface area contributed by atoms with E-state index in [2.05, 4.69) is 36.4 Å². The van der Waals surface area contributed by atoms with Crippen LogP contribution in [0.4, 0.5) is 0 Å². The summed E-state index contributed by atoms with van der Waals surface area (Å²) in [5, 5.41) is 66.8. The summed E-state index contributed by atoms with van der Waals surface area (Å²) in [5.41, 5.74) is 0.842. The third kappa shape index (κ3) is 34.1. The van der Waals surface area contributed by atoms with Crippen LogP contribution in [-0.2, 0) is 27.2 Å². The van der Waals surface area contributed by atoms with Gasteiger partial charge in [-0.1, -0.05) is 276 Å². The Labute approximate surface area is 441 Å². The van der Waals surface area contributed by atoms with Gasteiger partial charge >= 0.3 is 0 Å². The Hall–Kier alpha value is -1.67. The van der Waals surface area contributed by atoms with E-state index >= 15 is 0 Å². The third-order valence-corrected chi connectivity index (χ3v) is 15.4. The van der Waals surface area contributed by atoms with Crippen molar-refractivity contribution in [3.8, 4) is 0 Å². The second kappa shape index (κ2) is 46.6. The van der Waals surface area contributed by atoms with E-state index in [9.17, 15) is 30.3 Å². The summed E-state index contributed by atoms with van der Waals surface area (Å²) in [6, 6.07) is -0.979. The summed E-state index contributed by atoms with van der Waals surface area (Å²) >= 11 is 0. The normalized spacial score (nSPS) is 19.5. The maximum absolute atomic E-state index is 13.3. The van der Waals surface area contributed by atoms with Crippen molar-refractivity contribution in [2.75, 3.05) is 6.61 Å². The van der Waals surface area contributed by atoms with E-state index < -0.39 is 49.0 Å². The summed E-state index contributed by atoms with van der Waals surface area (Å²) < 4.78 is 13.6. The van der Waals surface area contributed by atoms with Crippen LogP contribution in [0.1, 0.15) is 303 Å². The Morgan fingerprint density at radius 1 is 0.556 bits per heavy atom. The van der Waals surface area contributed by atoms with Gasteiger partial charge in [0.05, 0.1) is 31.0 Å². The van der Waals surface area contributed by atoms with Crippen molar-refractivity contribution in [3.05, 3.63) is 11.9 Å². The number of carbonyl (C=O) groups excluding carboxylic acids is 1. The number of aliphatic hydroxyl groups is 5. The molecule has 1 aromatic heterocycles. The van der Waals surface area contributed by atoms with Crippen LogP contribution in [0, 0.1) is 0 Å². The zero-order chi connectivity index (χ0) is 52.1. The number of nitrogens with one attached hydrogen (secondary N) is 1. The van der Waals surface area contributed by atoms with Crippen LogP contribution in [0.15, 0.2) is 6.20 Å². The zero-order valence-electron chi connectivity index (χ0n) is 47.0. The highest BCUT2D eigenvalue weighted by Crippen LogP contribution is 2.25. The number of hydrogen-bond donors (Lipinski definition) is 6. The molecule has 1 fully saturated rings. The molecule has 2 rings (SSSR count). The topological polar surface area (TPSA) is 179 Å². The minimum atomic E-state index is -1.58. The van der Waals surface area contributed by atoms with Gasteiger partial charge in [0.15, 0.2) is 6.29 Å². The second-order valence-electron chi connectivity index (χ2n) is 22.2. The van der Waals surface area contributed by atoms with E-state index in [1.807, 2.05) is 6.20 Å². The number of aliphatic hydroxyl groups excluding tert-OH is 5. The lowest BCUT2D eigenvalue weighted by Crippen LogP contribution is -2.60. The number of nitrogens with zero attached hydrogens (tertiary/aromatic N) is 3. The molecule has 8 atom stereocenters. The Morgan fingerprint density at radius 3 is 1.38 bits per heavy atom. The fraction of sp³-hybridized carbons (Fsp3) is 0.950. The van der Waals surface area contributed by atoms with E-state index in [1.165, 1.54) is 212 Å². The van der Waals surface area contributed by atoms with E-state index in [1.54, 1.807) is 4.68 Å². The maximum atomic E-state index is 13.3. The lowest BCUT2D eigenvalue weighted by atomic mass is 9.98. The first-order valence-electron chi connectivity index (χ1n) is 31.1. The maximum Gasteiger partial charge on any atom is 0.220 e. The lowest BCUT2D eigenvalue weighted by molar-refractivity contribution is -0.301. The highest BCUT2D eigenvalue weighted by atomic mass is 16.7. The van der Waals surface area contributed by atoms with Crippen LogP contribution in [0.5, 0.6) is 0 Å². The minimum Gasteiger partial charge on any atom is -0.390 e. The molecule has 2 heterocycles. The van der Waals surface area contributed by atoms with Crippen molar-refractivity contribution < 1.29 is 39.8 Å². The molecule has 0 aromatic carbocycles. The second-order valence-corrected chi connectivity index (χ2v) is 22.2. The largest absolute Gasteiger partial charge is 0.390 e. The van der Waals surface area contributed by atoms with Crippen LogP contribution in [-0.4, -0.2) is 102 Å². The van der Waals surface area contributed by atoms with Crippen LogP contribution >= 0.6 is 0 Å². The molecular weight excluding hydrogens is 905 g/mol. The number of aromatic nitrogens is 3. The van der Waals surface area contributed by atoms with E-state index in [0.29, 0.717) is 12.8 Å². The molecule has 12 nitrogen and oxygen atoms in total. The van der Waals surface area contributed by atoms with E-state index in [-0.39, 0.29) is 19.1 Å². The average molecular weight is 1020 g/mol. The van der Waals surface area contributed by atoms with Gasteiger partial charge in [0.1, 0.15) is 30.5 Å². The number of ether oxygens (including phenoxy) is 2. The molecule has 1 aliphatic rings. The van der Waals surface area contributed by atoms with Crippen molar-refractivity contribution >= 4 is 5.91 Å². The molecule has 0 bridgehead atoms. The molecule has 0 radical (unpaired) electrons. The Morgan fingerprint density at radius 2 is 0.944 bits per heavy atom. The lowest BCUT2D eigenvalue weighted by Gasteiger charge is -2.40. The van der Waals surface area contributed by atoms with Crippen molar-refractivity contribution in [1.29, 1.82) is 0 Å². The number of amides is 1. The summed E-state index contributed by atoms with van der Waals surface area (Å²) in [5.74, 6) is -0.231. The first-order chi connectivity index (χ1) is 35.2. The monoisotopic (exact) mass is 1020 g/mol. The van der Waals surface area contributed by atoms with E-state index in [0.717, 1.165) is 63.5 Å². The predicted octanol–water partition coefficient (Wildman–Crippen LogP) is 13.7. The molecule has 0 aliphatic carbocycles. The van der Waals surface area contributed by atoms with Gasteiger partial charge in [-0.15, -0.1) is 5.10 Å². The molecule has 1 aliphatic heterocycles. The van der Waals surface area contributed by atoms with Gasteiger partial charge in [0.25, 0.3) is 0 Å². The van der Waals surface area contributed by atoms with Gasteiger partial charge in [-0.25, -0.2) is 4.68 Å². The molecule has 1 amide bonds. The van der Waals surface area contributed by atoms with Crippen LogP contribution in [0.2, 0.25) is 0 Å². The Balaban J connectivity index is 1.75. The molecule has 424 valence electrons. The summed E-state index contributed by atoms with van der Waals surface area (Å²) in [7, 11) is 0. The molecular formula is C60H116N4O8. The standard InChI is InChI=1S/C60H116N4O8/c1-4-7-10-13-16-18-20-22-23-24-25-26-27-28-29-30-31-32-34-36-38-41-44-47-55(66)61-52(56(67)53(65)46-43-40-37-35-33-21-19-17-14-11-8-5-2)50-71-60-59(70)58(69)57(68)54(72-60)49-64-48-51(62-63-64)45-42-39-15-12-9-6-3/h48,52-54,56-60,65,67-70H,4-47,49-50H2,1-3H3,(H,61,66)/t52-,53+,54+,56-,57-,58-,59+,60-/m0/s1. The summed E-state index contributed by atoms with van der Waals surface area (Å²) in [6.07, 6.45) is 45.6. The van der Waals surface area contributed by atoms with Gasteiger partial charge in [-0.3, -0.25) is 4.79 Å². The molecule has 1 saturated heterocycles. The SMILES string of the molecule is CCCCCCCCCCCCCCCCCCCCCCCCCC(=O)N[C@@H](CO[C@H]1O[C@H](Cn2cc(CCCCCCCC)nn2)[C@H](O)[C@H](O)[C@H]1O)[C@H](O)[C@H](O)CCCCCCCCCCCCCC. The van der Waals surface area contributed by atoms with Crippen molar-refractivity contribution in [3.63, 3.8) is 0 Å². The van der Waals surface area contributed by atoms with Crippen LogP contribution in [0.25, 0.3) is 0 Å². The molecule has 72 heavy (non-hydrogen) atoms. The highest BCUT2D eigenvalue weighted by Gasteiger charge is 2.45. The summed E-state index contributed by atoms with van der Waals surface area (Å²) in [4.78, 5) is 13.3. The molecule has 0 unspecified atom stereocenters. The molecule has 1 aromatic rings. The van der Waals surface area contributed by atoms with Gasteiger partial charge in [-0.05, 0) is 25.7 Å². The quantitative estimate of drug-likeness (QED) is 0.0344. The van der Waals surface area contributed by atoms with Crippen LogP contribution in [0.3, 0.4) is 0 Å². The first-order valence-corrected chi connectivity index (χ1v) is 31.1. The molecule has 0 saturated carbocycles.